The Kier molecular flexibility index (Phi) is 12.1. The maximum Gasteiger partial charge on any atom is 0.379 e. The van der Waals surface area contributed by atoms with Crippen LogP contribution in [0.5, 0.6) is 0 Å². The maximum atomic E-state index is 11.3. The molecule has 1 aromatic heterocycles. The van der Waals surface area contributed by atoms with E-state index in [1.54, 1.807) is 6.92 Å². The molecule has 190 valence electrons. The van der Waals surface area contributed by atoms with E-state index >= 15 is 0 Å². The van der Waals surface area contributed by atoms with E-state index in [-0.39, 0.29) is 34.7 Å². The highest BCUT2D eigenvalue weighted by molar-refractivity contribution is 7.78. The quantitative estimate of drug-likeness (QED) is 0.396. The summed E-state index contributed by atoms with van der Waals surface area (Å²) in [4.78, 5) is 26.9. The van der Waals surface area contributed by atoms with Crippen molar-refractivity contribution in [1.82, 2.24) is 4.98 Å². The Labute approximate surface area is 210 Å². The van der Waals surface area contributed by atoms with Gasteiger partial charge in [-0.25, -0.2) is 9.59 Å². The smallest absolute Gasteiger partial charge is 0.379 e. The average molecular weight is 521 g/mol. The number of carboxylic acid groups (broad SMARTS) is 2. The van der Waals surface area contributed by atoms with E-state index < -0.39 is 24.7 Å². The van der Waals surface area contributed by atoms with Crippen molar-refractivity contribution in [3.05, 3.63) is 70.1 Å². The minimum atomic E-state index is -3.67. The minimum Gasteiger partial charge on any atom is -0.492 e. The van der Waals surface area contributed by atoms with Crippen molar-refractivity contribution in [2.75, 3.05) is 6.61 Å². The van der Waals surface area contributed by atoms with Crippen LogP contribution in [0, 0.1) is 12.3 Å². The van der Waals surface area contributed by atoms with Gasteiger partial charge in [-0.1, -0.05) is 24.3 Å². The molecular formula is C25H23F3N2O5S. The Hall–Kier alpha value is -3.97. The van der Waals surface area contributed by atoms with E-state index in [4.69, 9.17) is 22.0 Å². The number of nitrogens with two attached hydrogens (primary N) is 1. The number of alkyl halides is 3. The molecule has 0 bridgehead atoms. The molecule has 11 heteroatoms. The first-order chi connectivity index (χ1) is 17.0. The van der Waals surface area contributed by atoms with E-state index in [1.165, 1.54) is 6.92 Å². The summed E-state index contributed by atoms with van der Waals surface area (Å²) in [5.74, 6) is -0.0144. The molecule has 36 heavy (non-hydrogen) atoms. The average Bonchev–Trinajstić information content (AvgIpc) is 2.79. The number of aromatic nitrogens is 1. The molecule has 1 unspecified atom stereocenters. The molecule has 7 nitrogen and oxygen atoms in total. The largest absolute Gasteiger partial charge is 0.492 e. The fraction of sp³-hybridized carbons (Fsp3) is 0.240. The van der Waals surface area contributed by atoms with E-state index in [0.717, 1.165) is 16.6 Å². The normalized spacial score (nSPS) is 14.7. The van der Waals surface area contributed by atoms with Crippen molar-refractivity contribution in [3.63, 3.8) is 0 Å². The van der Waals surface area contributed by atoms with Crippen LogP contribution in [0.3, 0.4) is 0 Å². The molecule has 0 amide bonds. The second kappa shape index (κ2) is 14.4. The molecule has 1 aromatic carbocycles. The number of terminal acetylenes is 1. The van der Waals surface area contributed by atoms with Gasteiger partial charge < -0.3 is 20.7 Å². The molecule has 0 saturated heterocycles. The number of rotatable bonds is 5. The second-order valence-corrected chi connectivity index (χ2v) is 7.11. The monoisotopic (exact) mass is 520 g/mol. The number of thiocarbonyl (C=S) groups is 1. The third-order valence-electron chi connectivity index (χ3n) is 4.65. The molecular weight excluding hydrogens is 497 g/mol. The highest BCUT2D eigenvalue weighted by atomic mass is 32.1. The molecule has 3 rings (SSSR count). The van der Waals surface area contributed by atoms with Gasteiger partial charge in [-0.05, 0) is 48.8 Å². The SMILES string of the molecule is C#CCc1ccc2ccccc2n1.CCOC1=C(C(=O)O)C(C)=C(C(=O)O)C(N)C1=C=S.FC(F)F. The van der Waals surface area contributed by atoms with Gasteiger partial charge in [0, 0.05) is 5.39 Å². The lowest BCUT2D eigenvalue weighted by Gasteiger charge is -2.26. The molecule has 1 aliphatic rings. The molecule has 0 fully saturated rings. The number of pyridine rings is 1. The van der Waals surface area contributed by atoms with E-state index in [2.05, 4.69) is 34.2 Å². The summed E-state index contributed by atoms with van der Waals surface area (Å²) < 4.78 is 34.3. The molecule has 2 aromatic rings. The zero-order chi connectivity index (χ0) is 27.4. The minimum absolute atomic E-state index is 0.0139. The van der Waals surface area contributed by atoms with Crippen LogP contribution in [0.15, 0.2) is 64.4 Å². The van der Waals surface area contributed by atoms with Gasteiger partial charge in [-0.3, -0.25) is 4.98 Å². The zero-order valence-corrected chi connectivity index (χ0v) is 20.1. The number of hydrogen-bond acceptors (Lipinski definition) is 6. The number of carboxylic acids is 2. The lowest BCUT2D eigenvalue weighted by Crippen LogP contribution is -2.36. The molecule has 0 spiro atoms. The van der Waals surface area contributed by atoms with Crippen LogP contribution in [-0.2, 0) is 20.7 Å². The van der Waals surface area contributed by atoms with Crippen LogP contribution in [0.1, 0.15) is 19.5 Å². The van der Waals surface area contributed by atoms with E-state index in [1.807, 2.05) is 30.3 Å². The van der Waals surface area contributed by atoms with Gasteiger partial charge in [0.15, 0.2) is 0 Å². The van der Waals surface area contributed by atoms with Gasteiger partial charge >= 0.3 is 18.6 Å². The molecule has 0 saturated carbocycles. The summed E-state index contributed by atoms with van der Waals surface area (Å²) in [5, 5.41) is 21.8. The van der Waals surface area contributed by atoms with E-state index in [9.17, 15) is 27.9 Å². The van der Waals surface area contributed by atoms with Crippen molar-refractivity contribution in [3.8, 4) is 12.3 Å². The molecule has 0 aliphatic heterocycles. The van der Waals surface area contributed by atoms with Crippen molar-refractivity contribution in [1.29, 1.82) is 0 Å². The van der Waals surface area contributed by atoms with Crippen molar-refractivity contribution in [2.24, 2.45) is 5.73 Å². The number of ether oxygens (including phenoxy) is 1. The highest BCUT2D eigenvalue weighted by Crippen LogP contribution is 2.33. The lowest BCUT2D eigenvalue weighted by atomic mass is 9.84. The van der Waals surface area contributed by atoms with Gasteiger partial charge in [0.2, 0.25) is 0 Å². The van der Waals surface area contributed by atoms with Crippen LogP contribution in [0.25, 0.3) is 10.9 Å². The molecule has 1 atom stereocenters. The number of carbonyl (C=O) groups is 2. The summed E-state index contributed by atoms with van der Waals surface area (Å²) in [5.41, 5.74) is 7.44. The maximum absolute atomic E-state index is 11.3. The Bertz CT molecular complexity index is 1280. The van der Waals surface area contributed by atoms with Crippen LogP contribution in [0.2, 0.25) is 0 Å². The Morgan fingerprint density at radius 1 is 1.19 bits per heavy atom. The van der Waals surface area contributed by atoms with Gasteiger partial charge in [0.05, 0.1) is 41.4 Å². The summed E-state index contributed by atoms with van der Waals surface area (Å²) in [6.45, 7) is -0.411. The number of para-hydroxylation sites is 1. The Morgan fingerprint density at radius 2 is 1.81 bits per heavy atom. The van der Waals surface area contributed by atoms with Crippen LogP contribution in [-0.4, -0.2) is 51.5 Å². The topological polar surface area (TPSA) is 123 Å². The molecule has 1 heterocycles. The van der Waals surface area contributed by atoms with Crippen LogP contribution >= 0.6 is 12.2 Å². The first-order valence-corrected chi connectivity index (χ1v) is 10.7. The Morgan fingerprint density at radius 3 is 2.31 bits per heavy atom. The number of fused-ring (bicyclic) bond motifs is 1. The fourth-order valence-corrected chi connectivity index (χ4v) is 3.44. The van der Waals surface area contributed by atoms with Crippen molar-refractivity contribution < 1.29 is 37.7 Å². The number of halogens is 3. The van der Waals surface area contributed by atoms with Gasteiger partial charge in [-0.2, -0.15) is 13.2 Å². The second-order valence-electron chi connectivity index (χ2n) is 6.90. The summed E-state index contributed by atoms with van der Waals surface area (Å²) in [7, 11) is 0. The first-order valence-electron chi connectivity index (χ1n) is 10.3. The predicted molar refractivity (Wildman–Crippen MR) is 132 cm³/mol. The van der Waals surface area contributed by atoms with Gasteiger partial charge in [-0.15, -0.1) is 12.3 Å². The third-order valence-corrected chi connectivity index (χ3v) is 4.87. The summed E-state index contributed by atoms with van der Waals surface area (Å²) >= 11 is 4.67. The number of hydrogen-bond donors (Lipinski definition) is 3. The lowest BCUT2D eigenvalue weighted by molar-refractivity contribution is -0.133. The summed E-state index contributed by atoms with van der Waals surface area (Å²) in [6.07, 6.45) is 5.82. The highest BCUT2D eigenvalue weighted by Gasteiger charge is 2.36. The zero-order valence-electron chi connectivity index (χ0n) is 19.3. The van der Waals surface area contributed by atoms with Gasteiger partial charge in [0.25, 0.3) is 0 Å². The van der Waals surface area contributed by atoms with E-state index in [0.29, 0.717) is 6.42 Å². The predicted octanol–water partition coefficient (Wildman–Crippen LogP) is 4.22. The van der Waals surface area contributed by atoms with Crippen LogP contribution < -0.4 is 5.73 Å². The van der Waals surface area contributed by atoms with Crippen molar-refractivity contribution in [2.45, 2.75) is 33.0 Å². The number of benzene rings is 1. The Balaban J connectivity index is 0.000000328. The molecule has 1 aliphatic carbocycles. The van der Waals surface area contributed by atoms with Crippen molar-refractivity contribution >= 4 is 40.1 Å². The van der Waals surface area contributed by atoms with Gasteiger partial charge in [0.1, 0.15) is 11.3 Å². The summed E-state index contributed by atoms with van der Waals surface area (Å²) in [6, 6.07) is 11.0. The van der Waals surface area contributed by atoms with Crippen LogP contribution in [0.4, 0.5) is 13.2 Å². The third kappa shape index (κ3) is 8.06. The fourth-order valence-electron chi connectivity index (χ4n) is 3.22. The number of nitrogens with zero attached hydrogens (tertiary/aromatic N) is 1. The standard InChI is InChI=1S/C12H13NO5S.C12H9N.CHF3/c1-3-18-10-6(4-19)9(13)7(11(14)15)5(2)8(10)12(16)17;1-2-5-11-9-8-10-6-3-4-7-12(10)13-11;2-1(3)4/h9H,3,13H2,1-2H3,(H,14,15)(H,16,17);1,3-4,6-9H,5H2;1H. The molecule has 4 N–H and O–H groups in total. The number of aliphatic carboxylic acids is 2. The molecule has 0 radical (unpaired) electrons. The first kappa shape index (κ1) is 30.1.